The molecule has 0 bridgehead atoms. The van der Waals surface area contributed by atoms with Gasteiger partial charge in [0.25, 0.3) is 5.84 Å². The molecule has 0 aromatic heterocycles. The van der Waals surface area contributed by atoms with Gasteiger partial charge in [-0.05, 0) is 0 Å². The van der Waals surface area contributed by atoms with Crippen LogP contribution in [0, 0.1) is 0 Å². The van der Waals surface area contributed by atoms with Gasteiger partial charge in [0.2, 0.25) is 3.79 Å². The molecule has 74 valence electrons. The Morgan fingerprint density at radius 3 is 2.46 bits per heavy atom. The van der Waals surface area contributed by atoms with Crippen LogP contribution in [0.4, 0.5) is 0 Å². The fourth-order valence-corrected chi connectivity index (χ4v) is 1.06. The molecule has 5 nitrogen and oxygen atoms in total. The number of halogens is 3. The first kappa shape index (κ1) is 10.9. The van der Waals surface area contributed by atoms with Crippen molar-refractivity contribution in [1.29, 1.82) is 0 Å². The molecule has 0 aromatic rings. The Kier molecular flexibility index (Phi) is 2.98. The maximum atomic E-state index is 5.59. The average molecular weight is 263 g/mol. The first-order valence-corrected chi connectivity index (χ1v) is 4.52. The van der Waals surface area contributed by atoms with Crippen LogP contribution >= 0.6 is 34.8 Å². The number of rotatable bonds is 0. The van der Waals surface area contributed by atoms with E-state index in [4.69, 9.17) is 59.2 Å². The third kappa shape index (κ3) is 2.41. The lowest BCUT2D eigenvalue weighted by molar-refractivity contribution is -0.573. The predicted octanol–water partition coefficient (Wildman–Crippen LogP) is -0.319. The van der Waals surface area contributed by atoms with Crippen molar-refractivity contribution >= 4 is 53.5 Å². The molecule has 0 amide bonds. The quantitative estimate of drug-likeness (QED) is 0.242. The summed E-state index contributed by atoms with van der Waals surface area (Å²) in [6.45, 7) is 0. The summed E-state index contributed by atoms with van der Waals surface area (Å²) in [5.41, 5.74) is 8.25. The Morgan fingerprint density at radius 2 is 2.08 bits per heavy atom. The molecule has 1 aliphatic heterocycles. The minimum Gasteiger partial charge on any atom is -0.526 e. The lowest BCUT2D eigenvalue weighted by Gasteiger charge is -2.31. The summed E-state index contributed by atoms with van der Waals surface area (Å²) >= 11 is 21.5. The number of amidine groups is 1. The van der Waals surface area contributed by atoms with E-state index in [1.54, 1.807) is 0 Å². The molecule has 0 atom stereocenters. The van der Waals surface area contributed by atoms with Gasteiger partial charge in [0.05, 0.1) is 11.8 Å². The highest BCUT2D eigenvalue weighted by Crippen LogP contribution is 2.33. The zero-order chi connectivity index (χ0) is 10.2. The van der Waals surface area contributed by atoms with E-state index in [9.17, 15) is 0 Å². The van der Waals surface area contributed by atoms with Crippen LogP contribution in [0.2, 0.25) is 0 Å². The number of hydrogen-bond donors (Lipinski definition) is 3. The van der Waals surface area contributed by atoms with Crippen molar-refractivity contribution in [2.45, 2.75) is 3.79 Å². The van der Waals surface area contributed by atoms with Gasteiger partial charge in [0, 0.05) is 0 Å². The van der Waals surface area contributed by atoms with Crippen LogP contribution in [-0.4, -0.2) is 18.9 Å². The maximum absolute atomic E-state index is 5.59. The molecule has 0 unspecified atom stereocenters. The van der Waals surface area contributed by atoms with Gasteiger partial charge >= 0.3 is 0 Å². The first-order chi connectivity index (χ1) is 5.82. The number of nitrogens with zero attached hydrogens (tertiary/aromatic N) is 2. The van der Waals surface area contributed by atoms with Crippen LogP contribution in [0.5, 0.6) is 0 Å². The smallest absolute Gasteiger partial charge is 0.278 e. The van der Waals surface area contributed by atoms with E-state index >= 15 is 0 Å². The van der Waals surface area contributed by atoms with E-state index in [1.165, 1.54) is 6.08 Å². The SMILES string of the molecule is NC1=[N+]([S-])N(N)NC(C(Cl)(Cl)Cl)=C1. The van der Waals surface area contributed by atoms with Crippen molar-refractivity contribution in [2.75, 3.05) is 0 Å². The van der Waals surface area contributed by atoms with Gasteiger partial charge in [-0.15, -0.1) is 0 Å². The van der Waals surface area contributed by atoms with Gasteiger partial charge in [-0.2, -0.15) is 5.84 Å². The molecule has 0 spiro atoms. The molecule has 1 heterocycles. The van der Waals surface area contributed by atoms with Gasteiger partial charge in [0.15, 0.2) is 0 Å². The Bertz CT molecular complexity index is 282. The topological polar surface area (TPSA) is 70.3 Å². The van der Waals surface area contributed by atoms with E-state index in [2.05, 4.69) is 5.43 Å². The minimum absolute atomic E-state index is 0.192. The summed E-state index contributed by atoms with van der Waals surface area (Å²) < 4.78 is -0.571. The first-order valence-electron chi connectivity index (χ1n) is 3.02. The summed E-state index contributed by atoms with van der Waals surface area (Å²) in [5, 5.41) is 0.932. The van der Waals surface area contributed by atoms with Crippen LogP contribution in [0.1, 0.15) is 0 Å². The van der Waals surface area contributed by atoms with Gasteiger partial charge in [-0.1, -0.05) is 40.0 Å². The van der Waals surface area contributed by atoms with E-state index in [0.717, 1.165) is 9.32 Å². The molecule has 1 rings (SSSR count). The van der Waals surface area contributed by atoms with E-state index < -0.39 is 3.79 Å². The third-order valence-electron chi connectivity index (χ3n) is 1.25. The Labute approximate surface area is 95.3 Å². The minimum atomic E-state index is -1.61. The molecule has 0 aromatic carbocycles. The molecule has 13 heavy (non-hydrogen) atoms. The molecule has 9 heteroatoms. The van der Waals surface area contributed by atoms with Gasteiger partial charge in [-0.25, -0.2) is 4.09 Å². The molecular formula is C4H6Cl3N5S. The lowest BCUT2D eigenvalue weighted by atomic mass is 10.4. The average Bonchev–Trinajstić information content (AvgIpc) is 1.97. The third-order valence-corrected chi connectivity index (χ3v) is 2.25. The highest BCUT2D eigenvalue weighted by Gasteiger charge is 2.30. The summed E-state index contributed by atoms with van der Waals surface area (Å²) in [7, 11) is 0. The van der Waals surface area contributed by atoms with Crippen molar-refractivity contribution in [3.8, 4) is 0 Å². The number of nitrogens with one attached hydrogen (secondary N) is 1. The second kappa shape index (κ2) is 3.55. The monoisotopic (exact) mass is 261 g/mol. The van der Waals surface area contributed by atoms with Crippen molar-refractivity contribution in [1.82, 2.24) is 10.7 Å². The Morgan fingerprint density at radius 1 is 1.54 bits per heavy atom. The van der Waals surface area contributed by atoms with Gasteiger partial charge in [0.1, 0.15) is 0 Å². The van der Waals surface area contributed by atoms with Crippen LogP contribution in [0.25, 0.3) is 0 Å². The number of allylic oxidation sites excluding steroid dienone is 1. The standard InChI is InChI=1S/C4H6Cl3N5S/c5-4(6,7)2-1-3(8)11(13)12(9)10-2/h1,10H,8-9H2. The normalized spacial score (nSPS) is 18.5. The molecule has 0 saturated carbocycles. The Balaban J connectivity index is 3.00. The number of hydrazone groups is 1. The van der Waals surface area contributed by atoms with Gasteiger partial charge in [-0.3, -0.25) is 11.2 Å². The number of nitrogens with two attached hydrogens (primary N) is 2. The highest BCUT2D eigenvalue weighted by molar-refractivity contribution is 7.51. The van der Waals surface area contributed by atoms with E-state index in [1.807, 2.05) is 0 Å². The summed E-state index contributed by atoms with van der Waals surface area (Å²) in [4.78, 5) is 0. The van der Waals surface area contributed by atoms with E-state index in [-0.39, 0.29) is 11.5 Å². The van der Waals surface area contributed by atoms with Crippen LogP contribution in [0.15, 0.2) is 11.8 Å². The number of hydrogen-bond acceptors (Lipinski definition) is 5. The van der Waals surface area contributed by atoms with Crippen LogP contribution in [0.3, 0.4) is 0 Å². The fraction of sp³-hybridized carbons (Fsp3) is 0.250. The number of alkyl halides is 3. The van der Waals surface area contributed by atoms with Gasteiger partial charge < -0.3 is 12.8 Å². The van der Waals surface area contributed by atoms with E-state index in [0.29, 0.717) is 0 Å². The summed E-state index contributed by atoms with van der Waals surface area (Å²) in [6, 6.07) is 0. The molecule has 1 aliphatic rings. The van der Waals surface area contributed by atoms with Crippen molar-refractivity contribution in [2.24, 2.45) is 11.6 Å². The molecular weight excluding hydrogens is 257 g/mol. The van der Waals surface area contributed by atoms with Crippen molar-refractivity contribution in [3.05, 3.63) is 11.8 Å². The highest BCUT2D eigenvalue weighted by atomic mass is 35.6. The zero-order valence-corrected chi connectivity index (χ0v) is 9.25. The molecule has 0 saturated heterocycles. The zero-order valence-electron chi connectivity index (χ0n) is 6.17. The predicted molar refractivity (Wildman–Crippen MR) is 54.4 cm³/mol. The molecule has 5 N–H and O–H groups in total. The second-order valence-electron chi connectivity index (χ2n) is 2.21. The van der Waals surface area contributed by atoms with Crippen molar-refractivity contribution < 1.29 is 4.09 Å². The molecule has 0 radical (unpaired) electrons. The molecule has 0 aliphatic carbocycles. The van der Waals surface area contributed by atoms with Crippen molar-refractivity contribution in [3.63, 3.8) is 0 Å². The fourth-order valence-electron chi connectivity index (χ4n) is 0.674. The van der Waals surface area contributed by atoms with Crippen LogP contribution in [-0.2, 0) is 12.8 Å². The maximum Gasteiger partial charge on any atom is 0.278 e. The Hall–Kier alpha value is -0.140. The molecule has 0 fully saturated rings. The largest absolute Gasteiger partial charge is 0.526 e. The summed E-state index contributed by atoms with van der Waals surface area (Å²) in [6.07, 6.45) is 1.39. The van der Waals surface area contributed by atoms with Crippen LogP contribution < -0.4 is 17.0 Å². The number of hydrazine groups is 3. The summed E-state index contributed by atoms with van der Waals surface area (Å²) in [5.74, 6) is 5.57. The lowest BCUT2D eigenvalue weighted by Crippen LogP contribution is -2.55. The second-order valence-corrected chi connectivity index (χ2v) is 4.84.